The van der Waals surface area contributed by atoms with Gasteiger partial charge in [-0.3, -0.25) is 9.58 Å². The van der Waals surface area contributed by atoms with Gasteiger partial charge in [0.2, 0.25) is 0 Å². The van der Waals surface area contributed by atoms with Crippen molar-refractivity contribution in [3.8, 4) is 0 Å². The number of rotatable bonds is 5. The maximum Gasteiger partial charge on any atom is 0.146 e. The van der Waals surface area contributed by atoms with Crippen molar-refractivity contribution >= 4 is 27.4 Å². The molecule has 1 fully saturated rings. The maximum atomic E-state index is 5.45. The fraction of sp³-hybridized carbons (Fsp3) is 0.526. The second-order valence-corrected chi connectivity index (χ2v) is 8.28. The molecule has 0 atom stereocenters. The average Bonchev–Trinajstić information content (AvgIpc) is 3.13. The molecule has 8 heteroatoms. The Bertz CT molecular complexity index is 957. The summed E-state index contributed by atoms with van der Waals surface area (Å²) >= 11 is 1.75. The number of aryl methyl sites for hydroxylation is 3. The van der Waals surface area contributed by atoms with Crippen molar-refractivity contribution in [2.45, 2.75) is 33.9 Å². The number of nitrogens with one attached hydrogen (secondary N) is 1. The molecule has 27 heavy (non-hydrogen) atoms. The van der Waals surface area contributed by atoms with E-state index in [0.29, 0.717) is 6.54 Å². The zero-order valence-electron chi connectivity index (χ0n) is 16.4. The minimum absolute atomic E-state index is 0.705. The van der Waals surface area contributed by atoms with Crippen LogP contribution in [-0.4, -0.2) is 51.0 Å². The Morgan fingerprint density at radius 1 is 1.19 bits per heavy atom. The number of thiophene rings is 1. The third kappa shape index (κ3) is 3.69. The SMILES string of the molecule is Cc1sc2nc(CN3CCOCC3)nc(NCc3cnn(C)c3C)c2c1C. The molecule has 0 radical (unpaired) electrons. The molecule has 4 heterocycles. The lowest BCUT2D eigenvalue weighted by Gasteiger charge is -2.25. The molecule has 0 unspecified atom stereocenters. The van der Waals surface area contributed by atoms with E-state index in [2.05, 4.69) is 36.1 Å². The van der Waals surface area contributed by atoms with Gasteiger partial charge in [0, 0.05) is 42.8 Å². The van der Waals surface area contributed by atoms with Crippen LogP contribution in [0.1, 0.15) is 27.5 Å². The van der Waals surface area contributed by atoms with Gasteiger partial charge >= 0.3 is 0 Å². The lowest BCUT2D eigenvalue weighted by atomic mass is 10.2. The monoisotopic (exact) mass is 386 g/mol. The highest BCUT2D eigenvalue weighted by molar-refractivity contribution is 7.18. The van der Waals surface area contributed by atoms with Crippen molar-refractivity contribution in [2.24, 2.45) is 7.05 Å². The second kappa shape index (κ2) is 7.53. The summed E-state index contributed by atoms with van der Waals surface area (Å²) in [5, 5.41) is 9.03. The molecule has 4 rings (SSSR count). The normalized spacial score (nSPS) is 15.6. The van der Waals surface area contributed by atoms with Gasteiger partial charge in [-0.15, -0.1) is 11.3 Å². The highest BCUT2D eigenvalue weighted by Gasteiger charge is 2.18. The number of anilines is 1. The summed E-state index contributed by atoms with van der Waals surface area (Å²) in [6.45, 7) is 11.3. The van der Waals surface area contributed by atoms with Crippen LogP contribution in [0.25, 0.3) is 10.2 Å². The standard InChI is InChI=1S/C19H26N6OS/c1-12-14(3)27-19-17(12)18(20-9-15-10-21-24(4)13(15)2)22-16(23-19)11-25-5-7-26-8-6-25/h10H,5-9,11H2,1-4H3,(H,20,22,23). The minimum Gasteiger partial charge on any atom is -0.379 e. The zero-order chi connectivity index (χ0) is 19.0. The summed E-state index contributed by atoms with van der Waals surface area (Å²) < 4.78 is 7.35. The van der Waals surface area contributed by atoms with E-state index in [9.17, 15) is 0 Å². The fourth-order valence-corrected chi connectivity index (χ4v) is 4.40. The number of hydrogen-bond donors (Lipinski definition) is 1. The van der Waals surface area contributed by atoms with E-state index < -0.39 is 0 Å². The fourth-order valence-electron chi connectivity index (χ4n) is 3.35. The van der Waals surface area contributed by atoms with E-state index in [0.717, 1.165) is 54.7 Å². The Labute approximate surface area is 163 Å². The quantitative estimate of drug-likeness (QED) is 0.727. The molecule has 0 aliphatic carbocycles. The van der Waals surface area contributed by atoms with Crippen LogP contribution in [0.5, 0.6) is 0 Å². The largest absolute Gasteiger partial charge is 0.379 e. The first kappa shape index (κ1) is 18.3. The molecule has 1 saturated heterocycles. The van der Waals surface area contributed by atoms with Crippen molar-refractivity contribution in [1.29, 1.82) is 0 Å². The summed E-state index contributed by atoms with van der Waals surface area (Å²) in [7, 11) is 1.97. The minimum atomic E-state index is 0.705. The second-order valence-electron chi connectivity index (χ2n) is 7.07. The topological polar surface area (TPSA) is 68.1 Å². The molecule has 0 bridgehead atoms. The third-order valence-electron chi connectivity index (χ3n) is 5.33. The molecule has 0 aromatic carbocycles. The highest BCUT2D eigenvalue weighted by atomic mass is 32.1. The van der Waals surface area contributed by atoms with E-state index >= 15 is 0 Å². The average molecular weight is 387 g/mol. The van der Waals surface area contributed by atoms with Gasteiger partial charge in [0.05, 0.1) is 31.3 Å². The first-order chi connectivity index (χ1) is 13.0. The first-order valence-electron chi connectivity index (χ1n) is 9.31. The van der Waals surface area contributed by atoms with Gasteiger partial charge in [-0.05, 0) is 26.3 Å². The van der Waals surface area contributed by atoms with Gasteiger partial charge in [-0.2, -0.15) is 5.10 Å². The van der Waals surface area contributed by atoms with Crippen LogP contribution >= 0.6 is 11.3 Å². The summed E-state index contributed by atoms with van der Waals surface area (Å²) in [6, 6.07) is 0. The molecule has 1 N–H and O–H groups in total. The number of morpholine rings is 1. The lowest BCUT2D eigenvalue weighted by molar-refractivity contribution is 0.0331. The van der Waals surface area contributed by atoms with Gasteiger partial charge in [0.1, 0.15) is 16.5 Å². The Morgan fingerprint density at radius 2 is 1.96 bits per heavy atom. The molecular formula is C19H26N6OS. The molecule has 144 valence electrons. The highest BCUT2D eigenvalue weighted by Crippen LogP contribution is 2.33. The number of nitrogens with zero attached hydrogens (tertiary/aromatic N) is 5. The lowest BCUT2D eigenvalue weighted by Crippen LogP contribution is -2.36. The summed E-state index contributed by atoms with van der Waals surface area (Å²) in [5.41, 5.74) is 3.61. The van der Waals surface area contributed by atoms with Gasteiger partial charge in [0.25, 0.3) is 0 Å². The molecule has 0 spiro atoms. The molecule has 1 aliphatic heterocycles. The van der Waals surface area contributed by atoms with Crippen molar-refractivity contribution < 1.29 is 4.74 Å². The predicted octanol–water partition coefficient (Wildman–Crippen LogP) is 2.79. The van der Waals surface area contributed by atoms with Crippen molar-refractivity contribution in [3.63, 3.8) is 0 Å². The Balaban J connectivity index is 1.64. The van der Waals surface area contributed by atoms with Crippen LogP contribution in [0.3, 0.4) is 0 Å². The van der Waals surface area contributed by atoms with Crippen LogP contribution in [0.15, 0.2) is 6.20 Å². The Kier molecular flexibility index (Phi) is 5.12. The smallest absolute Gasteiger partial charge is 0.146 e. The van der Waals surface area contributed by atoms with E-state index in [1.54, 1.807) is 11.3 Å². The van der Waals surface area contributed by atoms with Crippen molar-refractivity contribution in [3.05, 3.63) is 33.7 Å². The summed E-state index contributed by atoms with van der Waals surface area (Å²) in [4.78, 5) is 14.5. The molecule has 3 aromatic rings. The van der Waals surface area contributed by atoms with E-state index in [-0.39, 0.29) is 0 Å². The van der Waals surface area contributed by atoms with Crippen molar-refractivity contribution in [1.82, 2.24) is 24.6 Å². The van der Waals surface area contributed by atoms with E-state index in [1.807, 2.05) is 17.9 Å². The van der Waals surface area contributed by atoms with Crippen LogP contribution in [-0.2, 0) is 24.9 Å². The third-order valence-corrected chi connectivity index (χ3v) is 6.43. The molecular weight excluding hydrogens is 360 g/mol. The van der Waals surface area contributed by atoms with Crippen LogP contribution in [0.2, 0.25) is 0 Å². The number of ether oxygens (including phenoxy) is 1. The molecule has 1 aliphatic rings. The van der Waals surface area contributed by atoms with Gasteiger partial charge in [0.15, 0.2) is 0 Å². The van der Waals surface area contributed by atoms with Crippen molar-refractivity contribution in [2.75, 3.05) is 31.6 Å². The first-order valence-corrected chi connectivity index (χ1v) is 10.1. The number of fused-ring (bicyclic) bond motifs is 1. The zero-order valence-corrected chi connectivity index (χ0v) is 17.2. The Hall–Kier alpha value is -2.03. The van der Waals surface area contributed by atoms with Gasteiger partial charge in [-0.25, -0.2) is 9.97 Å². The summed E-state index contributed by atoms with van der Waals surface area (Å²) in [5.74, 6) is 1.80. The summed E-state index contributed by atoms with van der Waals surface area (Å²) in [6.07, 6.45) is 1.92. The van der Waals surface area contributed by atoms with E-state index in [4.69, 9.17) is 14.7 Å². The predicted molar refractivity (Wildman–Crippen MR) is 108 cm³/mol. The van der Waals surface area contributed by atoms with Gasteiger partial charge in [-0.1, -0.05) is 0 Å². The van der Waals surface area contributed by atoms with E-state index in [1.165, 1.54) is 21.7 Å². The molecule has 3 aromatic heterocycles. The van der Waals surface area contributed by atoms with Crippen LogP contribution < -0.4 is 5.32 Å². The Morgan fingerprint density at radius 3 is 2.67 bits per heavy atom. The van der Waals surface area contributed by atoms with Gasteiger partial charge < -0.3 is 10.1 Å². The van der Waals surface area contributed by atoms with Crippen LogP contribution in [0, 0.1) is 20.8 Å². The van der Waals surface area contributed by atoms with Crippen LogP contribution in [0.4, 0.5) is 5.82 Å². The number of aromatic nitrogens is 4. The maximum absolute atomic E-state index is 5.45. The molecule has 0 amide bonds. The molecule has 0 saturated carbocycles. The molecule has 7 nitrogen and oxygen atoms in total. The number of hydrogen-bond acceptors (Lipinski definition) is 7.